The van der Waals surface area contributed by atoms with Crippen LogP contribution in [0.4, 0.5) is 15.9 Å². The first-order valence-corrected chi connectivity index (χ1v) is 9.58. The molecular weight excluding hydrogens is 341 g/mol. The summed E-state index contributed by atoms with van der Waals surface area (Å²) in [5, 5.41) is 0. The largest absolute Gasteiger partial charge is 0.354 e. The van der Waals surface area contributed by atoms with Gasteiger partial charge in [-0.2, -0.15) is 0 Å². The number of nitrogens with zero attached hydrogens (tertiary/aromatic N) is 3. The van der Waals surface area contributed by atoms with E-state index in [-0.39, 0.29) is 11.7 Å². The number of pyridine rings is 1. The molecule has 1 aromatic heterocycles. The van der Waals surface area contributed by atoms with Gasteiger partial charge in [0.05, 0.1) is 6.54 Å². The maximum absolute atomic E-state index is 13.3. The number of amides is 1. The molecule has 1 heterocycles. The minimum atomic E-state index is -0.535. The maximum Gasteiger partial charge on any atom is 0.232 e. The van der Waals surface area contributed by atoms with E-state index in [9.17, 15) is 9.18 Å². The number of hydrogen-bond donors (Lipinski definition) is 0. The molecule has 1 aliphatic carbocycles. The van der Waals surface area contributed by atoms with Crippen molar-refractivity contribution in [2.24, 2.45) is 5.41 Å². The van der Waals surface area contributed by atoms with Crippen molar-refractivity contribution in [1.82, 2.24) is 4.98 Å². The zero-order valence-electron chi connectivity index (χ0n) is 16.6. The van der Waals surface area contributed by atoms with Crippen LogP contribution in [0.3, 0.4) is 0 Å². The van der Waals surface area contributed by atoms with Gasteiger partial charge >= 0.3 is 0 Å². The van der Waals surface area contributed by atoms with E-state index in [1.807, 2.05) is 39.1 Å². The Morgan fingerprint density at radius 3 is 2.30 bits per heavy atom. The molecule has 0 bridgehead atoms. The van der Waals surface area contributed by atoms with Crippen molar-refractivity contribution >= 4 is 17.4 Å². The first kappa shape index (κ1) is 19.3. The highest BCUT2D eigenvalue weighted by Crippen LogP contribution is 2.31. The molecule has 0 atom stereocenters. The molecule has 27 heavy (non-hydrogen) atoms. The van der Waals surface area contributed by atoms with Crippen molar-refractivity contribution in [3.05, 3.63) is 54.0 Å². The highest BCUT2D eigenvalue weighted by atomic mass is 19.1. The van der Waals surface area contributed by atoms with Gasteiger partial charge in [0.15, 0.2) is 0 Å². The normalized spacial score (nSPS) is 14.1. The summed E-state index contributed by atoms with van der Waals surface area (Å²) in [6, 6.07) is 10.7. The van der Waals surface area contributed by atoms with E-state index in [1.54, 1.807) is 17.0 Å². The third kappa shape index (κ3) is 4.65. The van der Waals surface area contributed by atoms with Crippen molar-refractivity contribution in [3.8, 4) is 0 Å². The molecule has 1 fully saturated rings. The second kappa shape index (κ2) is 7.67. The summed E-state index contributed by atoms with van der Waals surface area (Å²) in [5.41, 5.74) is 1.10. The fourth-order valence-electron chi connectivity index (χ4n) is 3.16. The van der Waals surface area contributed by atoms with Gasteiger partial charge in [-0.1, -0.05) is 26.8 Å². The van der Waals surface area contributed by atoms with Crippen LogP contribution in [-0.2, 0) is 11.3 Å². The lowest BCUT2D eigenvalue weighted by Crippen LogP contribution is -2.39. The van der Waals surface area contributed by atoms with Gasteiger partial charge in [-0.3, -0.25) is 4.79 Å². The van der Waals surface area contributed by atoms with Crippen molar-refractivity contribution in [3.63, 3.8) is 0 Å². The van der Waals surface area contributed by atoms with Gasteiger partial charge in [-0.15, -0.1) is 0 Å². The molecule has 0 saturated heterocycles. The quantitative estimate of drug-likeness (QED) is 0.735. The third-order valence-corrected chi connectivity index (χ3v) is 4.80. The highest BCUT2D eigenvalue weighted by molar-refractivity contribution is 5.96. The van der Waals surface area contributed by atoms with Crippen LogP contribution in [0.15, 0.2) is 42.6 Å². The number of carbonyl (C=O) groups is 1. The Kier molecular flexibility index (Phi) is 5.49. The number of rotatable bonds is 6. The number of benzene rings is 1. The van der Waals surface area contributed by atoms with E-state index in [1.165, 1.54) is 25.0 Å². The van der Waals surface area contributed by atoms with Crippen LogP contribution in [0, 0.1) is 11.2 Å². The molecule has 144 valence electrons. The molecule has 1 aliphatic rings. The monoisotopic (exact) mass is 369 g/mol. The zero-order chi connectivity index (χ0) is 19.6. The molecule has 3 rings (SSSR count). The van der Waals surface area contributed by atoms with Crippen molar-refractivity contribution < 1.29 is 9.18 Å². The third-order valence-electron chi connectivity index (χ3n) is 4.80. The molecule has 0 aliphatic heterocycles. The fourth-order valence-corrected chi connectivity index (χ4v) is 3.16. The fraction of sp³-hybridized carbons (Fsp3) is 0.455. The molecular formula is C22H28FN3O. The standard InChI is InChI=1S/C22H28FN3O/c1-5-25(18-11-12-18)20-13-6-16(14-24-20)15-26(21(27)22(2,3)4)19-9-7-17(23)8-10-19/h6-10,13-14,18H,5,11-12,15H2,1-4H3. The number of halogens is 1. The van der Waals surface area contributed by atoms with E-state index < -0.39 is 5.41 Å². The van der Waals surface area contributed by atoms with Crippen LogP contribution in [0.2, 0.25) is 0 Å². The minimum Gasteiger partial charge on any atom is -0.354 e. The van der Waals surface area contributed by atoms with Gasteiger partial charge in [-0.05, 0) is 55.7 Å². The van der Waals surface area contributed by atoms with Gasteiger partial charge in [0.25, 0.3) is 0 Å². The van der Waals surface area contributed by atoms with Crippen molar-refractivity contribution in [1.29, 1.82) is 0 Å². The van der Waals surface area contributed by atoms with Crippen LogP contribution in [0.1, 0.15) is 46.1 Å². The van der Waals surface area contributed by atoms with Crippen molar-refractivity contribution in [2.75, 3.05) is 16.3 Å². The van der Waals surface area contributed by atoms with Crippen LogP contribution in [-0.4, -0.2) is 23.5 Å². The molecule has 1 aromatic carbocycles. The van der Waals surface area contributed by atoms with Gasteiger partial charge < -0.3 is 9.80 Å². The van der Waals surface area contributed by atoms with Crippen LogP contribution < -0.4 is 9.80 Å². The summed E-state index contributed by atoms with van der Waals surface area (Å²) < 4.78 is 13.3. The Labute approximate surface area is 161 Å². The molecule has 0 unspecified atom stereocenters. The molecule has 0 spiro atoms. The van der Waals surface area contributed by atoms with E-state index in [4.69, 9.17) is 0 Å². The zero-order valence-corrected chi connectivity index (χ0v) is 16.6. The lowest BCUT2D eigenvalue weighted by Gasteiger charge is -2.30. The summed E-state index contributed by atoms with van der Waals surface area (Å²) in [6.07, 6.45) is 4.30. The molecule has 2 aromatic rings. The summed E-state index contributed by atoms with van der Waals surface area (Å²) in [5.74, 6) is 0.665. The minimum absolute atomic E-state index is 0.00801. The van der Waals surface area contributed by atoms with E-state index in [0.717, 1.165) is 17.9 Å². The van der Waals surface area contributed by atoms with Crippen LogP contribution in [0.25, 0.3) is 0 Å². The first-order valence-electron chi connectivity index (χ1n) is 9.58. The predicted octanol–water partition coefficient (Wildman–Crippen LogP) is 4.79. The van der Waals surface area contributed by atoms with Gasteiger partial charge in [0, 0.05) is 29.9 Å². The summed E-state index contributed by atoms with van der Waals surface area (Å²) in [7, 11) is 0. The smallest absolute Gasteiger partial charge is 0.232 e. The second-order valence-corrected chi connectivity index (χ2v) is 8.16. The van der Waals surface area contributed by atoms with E-state index in [0.29, 0.717) is 18.3 Å². The Morgan fingerprint density at radius 1 is 1.15 bits per heavy atom. The van der Waals surface area contributed by atoms with E-state index >= 15 is 0 Å². The number of carbonyl (C=O) groups excluding carboxylic acids is 1. The Hall–Kier alpha value is -2.43. The van der Waals surface area contributed by atoms with Gasteiger partial charge in [0.2, 0.25) is 5.91 Å². The lowest BCUT2D eigenvalue weighted by molar-refractivity contribution is -0.125. The highest BCUT2D eigenvalue weighted by Gasteiger charge is 2.30. The van der Waals surface area contributed by atoms with Gasteiger partial charge in [-0.25, -0.2) is 9.37 Å². The molecule has 5 heteroatoms. The maximum atomic E-state index is 13.3. The number of hydrogen-bond acceptors (Lipinski definition) is 3. The molecule has 1 saturated carbocycles. The molecule has 1 amide bonds. The topological polar surface area (TPSA) is 36.4 Å². The number of anilines is 2. The average Bonchev–Trinajstić information content (AvgIpc) is 3.46. The summed E-state index contributed by atoms with van der Waals surface area (Å²) >= 11 is 0. The average molecular weight is 369 g/mol. The second-order valence-electron chi connectivity index (χ2n) is 8.16. The molecule has 0 radical (unpaired) electrons. The van der Waals surface area contributed by atoms with E-state index in [2.05, 4.69) is 16.8 Å². The SMILES string of the molecule is CCN(c1ccc(CN(C(=O)C(C)(C)C)c2ccc(F)cc2)cn1)C1CC1. The summed E-state index contributed by atoms with van der Waals surface area (Å²) in [6.45, 7) is 9.17. The van der Waals surface area contributed by atoms with Gasteiger partial charge in [0.1, 0.15) is 11.6 Å². The van der Waals surface area contributed by atoms with Crippen molar-refractivity contribution in [2.45, 2.75) is 53.1 Å². The van der Waals surface area contributed by atoms with Crippen LogP contribution >= 0.6 is 0 Å². The first-order chi connectivity index (χ1) is 12.8. The summed E-state index contributed by atoms with van der Waals surface area (Å²) in [4.78, 5) is 21.6. The Morgan fingerprint density at radius 2 is 1.81 bits per heavy atom. The predicted molar refractivity (Wildman–Crippen MR) is 107 cm³/mol. The Balaban J connectivity index is 1.83. The number of aromatic nitrogens is 1. The molecule has 0 N–H and O–H groups in total. The lowest BCUT2D eigenvalue weighted by atomic mass is 9.94. The van der Waals surface area contributed by atoms with Crippen LogP contribution in [0.5, 0.6) is 0 Å². The Bertz CT molecular complexity index is 777. The molecule has 4 nitrogen and oxygen atoms in total.